The molecule has 1 rings (SSSR count). The van der Waals surface area contributed by atoms with Crippen LogP contribution >= 0.6 is 0 Å². The first-order valence-corrected chi connectivity index (χ1v) is 5.37. The van der Waals surface area contributed by atoms with E-state index in [1.165, 1.54) is 0 Å². The van der Waals surface area contributed by atoms with Crippen molar-refractivity contribution in [3.8, 4) is 0 Å². The fourth-order valence-electron chi connectivity index (χ4n) is 1.87. The molecule has 0 aliphatic rings. The van der Waals surface area contributed by atoms with Crippen LogP contribution < -0.4 is 0 Å². The molecule has 1 amide bonds. The Morgan fingerprint density at radius 1 is 1.53 bits per heavy atom. The van der Waals surface area contributed by atoms with Crippen LogP contribution in [0.5, 0.6) is 0 Å². The van der Waals surface area contributed by atoms with E-state index in [-0.39, 0.29) is 11.9 Å². The Bertz CT molecular complexity index is 311. The average molecular weight is 206 g/mol. The maximum atomic E-state index is 11.5. The molecule has 15 heavy (non-hydrogen) atoms. The number of carbonyl (C=O) groups excluding carboxylic acids is 1. The summed E-state index contributed by atoms with van der Waals surface area (Å²) in [6, 6.07) is 4.08. The second kappa shape index (κ2) is 5.49. The van der Waals surface area contributed by atoms with Crippen molar-refractivity contribution in [2.45, 2.75) is 33.2 Å². The molecule has 1 atom stereocenters. The van der Waals surface area contributed by atoms with Gasteiger partial charge in [-0.15, -0.1) is 0 Å². The third-order valence-electron chi connectivity index (χ3n) is 2.58. The number of rotatable bonds is 4. The van der Waals surface area contributed by atoms with Gasteiger partial charge in [-0.2, -0.15) is 0 Å². The third kappa shape index (κ3) is 2.78. The van der Waals surface area contributed by atoms with E-state index in [9.17, 15) is 4.79 Å². The maximum Gasteiger partial charge on any atom is 0.219 e. The van der Waals surface area contributed by atoms with Gasteiger partial charge in [0.05, 0.1) is 6.04 Å². The Morgan fingerprint density at radius 2 is 2.27 bits per heavy atom. The molecular weight excluding hydrogens is 188 g/mol. The van der Waals surface area contributed by atoms with Crippen molar-refractivity contribution >= 4 is 5.91 Å². The van der Waals surface area contributed by atoms with Crippen LogP contribution in [-0.4, -0.2) is 22.3 Å². The van der Waals surface area contributed by atoms with E-state index in [2.05, 4.69) is 11.9 Å². The minimum atomic E-state index is 0.119. The molecule has 82 valence electrons. The average Bonchev–Trinajstić information content (AvgIpc) is 2.26. The molecule has 1 unspecified atom stereocenters. The minimum absolute atomic E-state index is 0.119. The van der Waals surface area contributed by atoms with E-state index in [0.29, 0.717) is 0 Å². The van der Waals surface area contributed by atoms with Gasteiger partial charge in [-0.1, -0.05) is 13.0 Å². The zero-order valence-corrected chi connectivity index (χ0v) is 9.60. The van der Waals surface area contributed by atoms with Crippen molar-refractivity contribution in [1.29, 1.82) is 0 Å². The van der Waals surface area contributed by atoms with Crippen LogP contribution in [0, 0.1) is 0 Å². The van der Waals surface area contributed by atoms with E-state index in [4.69, 9.17) is 0 Å². The molecule has 0 aliphatic carbocycles. The fourth-order valence-corrected chi connectivity index (χ4v) is 1.87. The highest BCUT2D eigenvalue weighted by Gasteiger charge is 2.19. The van der Waals surface area contributed by atoms with E-state index in [1.54, 1.807) is 13.1 Å². The maximum absolute atomic E-state index is 11.5. The molecule has 0 aromatic carbocycles. The molecule has 1 heterocycles. The standard InChI is InChI=1S/C12H18N2O/c1-4-12(14(5-2)10(3)15)11-7-6-8-13-9-11/h6-9,12H,4-5H2,1-3H3. The highest BCUT2D eigenvalue weighted by molar-refractivity contribution is 5.73. The fraction of sp³-hybridized carbons (Fsp3) is 0.500. The summed E-state index contributed by atoms with van der Waals surface area (Å²) in [5.41, 5.74) is 1.11. The van der Waals surface area contributed by atoms with Gasteiger partial charge in [-0.05, 0) is 25.0 Å². The van der Waals surface area contributed by atoms with Gasteiger partial charge < -0.3 is 4.90 Å². The second-order valence-electron chi connectivity index (χ2n) is 3.52. The summed E-state index contributed by atoms with van der Waals surface area (Å²) in [6.45, 7) is 6.44. The van der Waals surface area contributed by atoms with Crippen LogP contribution in [-0.2, 0) is 4.79 Å². The van der Waals surface area contributed by atoms with Crippen LogP contribution in [0.3, 0.4) is 0 Å². The molecule has 0 fully saturated rings. The van der Waals surface area contributed by atoms with Gasteiger partial charge in [-0.25, -0.2) is 0 Å². The molecule has 3 nitrogen and oxygen atoms in total. The lowest BCUT2D eigenvalue weighted by Gasteiger charge is -2.29. The molecule has 0 N–H and O–H groups in total. The van der Waals surface area contributed by atoms with Gasteiger partial charge >= 0.3 is 0 Å². The first kappa shape index (κ1) is 11.7. The van der Waals surface area contributed by atoms with Crippen molar-refractivity contribution in [3.63, 3.8) is 0 Å². The smallest absolute Gasteiger partial charge is 0.219 e. The molecule has 0 aliphatic heterocycles. The second-order valence-corrected chi connectivity index (χ2v) is 3.52. The molecular formula is C12H18N2O. The summed E-state index contributed by atoms with van der Waals surface area (Å²) in [5.74, 6) is 0.119. The molecule has 0 saturated heterocycles. The first-order chi connectivity index (χ1) is 7.20. The number of amides is 1. The monoisotopic (exact) mass is 206 g/mol. The van der Waals surface area contributed by atoms with Crippen molar-refractivity contribution in [2.75, 3.05) is 6.54 Å². The number of pyridine rings is 1. The highest BCUT2D eigenvalue weighted by Crippen LogP contribution is 2.22. The largest absolute Gasteiger partial charge is 0.336 e. The van der Waals surface area contributed by atoms with E-state index in [0.717, 1.165) is 18.5 Å². The van der Waals surface area contributed by atoms with E-state index in [1.807, 2.05) is 30.2 Å². The van der Waals surface area contributed by atoms with E-state index >= 15 is 0 Å². The Morgan fingerprint density at radius 3 is 2.67 bits per heavy atom. The van der Waals surface area contributed by atoms with Gasteiger partial charge in [-0.3, -0.25) is 9.78 Å². The van der Waals surface area contributed by atoms with Crippen LogP contribution in [0.2, 0.25) is 0 Å². The van der Waals surface area contributed by atoms with Crippen LogP contribution in [0.1, 0.15) is 38.8 Å². The topological polar surface area (TPSA) is 33.2 Å². The first-order valence-electron chi connectivity index (χ1n) is 5.37. The van der Waals surface area contributed by atoms with Crippen molar-refractivity contribution in [1.82, 2.24) is 9.88 Å². The number of nitrogens with zero attached hydrogens (tertiary/aromatic N) is 2. The van der Waals surface area contributed by atoms with Gasteiger partial charge in [0.15, 0.2) is 0 Å². The zero-order valence-electron chi connectivity index (χ0n) is 9.60. The lowest BCUT2D eigenvalue weighted by atomic mass is 10.0. The molecule has 0 spiro atoms. The van der Waals surface area contributed by atoms with Gasteiger partial charge in [0.25, 0.3) is 0 Å². The molecule has 3 heteroatoms. The lowest BCUT2D eigenvalue weighted by molar-refractivity contribution is -0.131. The molecule has 0 radical (unpaired) electrons. The number of hydrogen-bond donors (Lipinski definition) is 0. The molecule has 1 aromatic rings. The quantitative estimate of drug-likeness (QED) is 0.758. The Kier molecular flexibility index (Phi) is 4.28. The van der Waals surface area contributed by atoms with Gasteiger partial charge in [0.1, 0.15) is 0 Å². The summed E-state index contributed by atoms with van der Waals surface area (Å²) in [4.78, 5) is 17.4. The highest BCUT2D eigenvalue weighted by atomic mass is 16.2. The number of hydrogen-bond acceptors (Lipinski definition) is 2. The number of carbonyl (C=O) groups is 1. The van der Waals surface area contributed by atoms with Crippen molar-refractivity contribution < 1.29 is 4.79 Å². The van der Waals surface area contributed by atoms with E-state index < -0.39 is 0 Å². The Hall–Kier alpha value is -1.38. The molecule has 0 saturated carbocycles. The molecule has 0 bridgehead atoms. The minimum Gasteiger partial charge on any atom is -0.336 e. The summed E-state index contributed by atoms with van der Waals surface area (Å²) in [5, 5.41) is 0. The number of aromatic nitrogens is 1. The lowest BCUT2D eigenvalue weighted by Crippen LogP contribution is -2.32. The SMILES string of the molecule is CCC(c1cccnc1)N(CC)C(C)=O. The predicted octanol–water partition coefficient (Wildman–Crippen LogP) is 2.40. The van der Waals surface area contributed by atoms with Crippen LogP contribution in [0.25, 0.3) is 0 Å². The van der Waals surface area contributed by atoms with Crippen LogP contribution in [0.4, 0.5) is 0 Å². The molecule has 1 aromatic heterocycles. The van der Waals surface area contributed by atoms with Crippen LogP contribution in [0.15, 0.2) is 24.5 Å². The van der Waals surface area contributed by atoms with Crippen molar-refractivity contribution in [3.05, 3.63) is 30.1 Å². The van der Waals surface area contributed by atoms with Crippen molar-refractivity contribution in [2.24, 2.45) is 0 Å². The normalized spacial score (nSPS) is 12.2. The van der Waals surface area contributed by atoms with Gasteiger partial charge in [0.2, 0.25) is 5.91 Å². The zero-order chi connectivity index (χ0) is 11.3. The summed E-state index contributed by atoms with van der Waals surface area (Å²) < 4.78 is 0. The summed E-state index contributed by atoms with van der Waals surface area (Å²) in [6.07, 6.45) is 4.50. The third-order valence-corrected chi connectivity index (χ3v) is 2.58. The Balaban J connectivity index is 2.92. The predicted molar refractivity (Wildman–Crippen MR) is 60.3 cm³/mol. The van der Waals surface area contributed by atoms with Gasteiger partial charge in [0, 0.05) is 25.9 Å². The Labute approximate surface area is 91.1 Å². The summed E-state index contributed by atoms with van der Waals surface area (Å²) in [7, 11) is 0. The summed E-state index contributed by atoms with van der Waals surface area (Å²) >= 11 is 0.